The van der Waals surface area contributed by atoms with Crippen molar-refractivity contribution in [3.05, 3.63) is 40.9 Å². The molecule has 0 spiro atoms. The SMILES string of the molecule is CC(C)CCOc1ccc(OCn2cnc(Cl)c2Cl)cc1. The van der Waals surface area contributed by atoms with E-state index >= 15 is 0 Å². The fourth-order valence-corrected chi connectivity index (χ4v) is 1.91. The van der Waals surface area contributed by atoms with E-state index in [2.05, 4.69) is 18.8 Å². The maximum atomic E-state index is 5.95. The molecule has 0 aliphatic heterocycles. The number of nitrogens with zero attached hydrogens (tertiary/aromatic N) is 2. The highest BCUT2D eigenvalue weighted by Gasteiger charge is 2.06. The van der Waals surface area contributed by atoms with Crippen molar-refractivity contribution < 1.29 is 9.47 Å². The molecule has 0 aliphatic carbocycles. The number of hydrogen-bond donors (Lipinski definition) is 0. The van der Waals surface area contributed by atoms with Crippen LogP contribution < -0.4 is 9.47 Å². The van der Waals surface area contributed by atoms with Gasteiger partial charge in [-0.3, -0.25) is 4.57 Å². The van der Waals surface area contributed by atoms with E-state index < -0.39 is 0 Å². The Morgan fingerprint density at radius 1 is 1.10 bits per heavy atom. The van der Waals surface area contributed by atoms with Crippen LogP contribution in [-0.2, 0) is 6.73 Å². The summed E-state index contributed by atoms with van der Waals surface area (Å²) in [6.07, 6.45) is 2.58. The Balaban J connectivity index is 1.83. The first kappa shape index (κ1) is 16.0. The summed E-state index contributed by atoms with van der Waals surface area (Å²) in [7, 11) is 0. The Morgan fingerprint density at radius 3 is 2.24 bits per heavy atom. The Hall–Kier alpha value is -1.39. The third-order valence-corrected chi connectivity index (χ3v) is 3.66. The van der Waals surface area contributed by atoms with Gasteiger partial charge < -0.3 is 9.47 Å². The predicted molar refractivity (Wildman–Crippen MR) is 84.3 cm³/mol. The molecular weight excluding hydrogens is 311 g/mol. The van der Waals surface area contributed by atoms with Crippen molar-refractivity contribution in [1.29, 1.82) is 0 Å². The van der Waals surface area contributed by atoms with Crippen molar-refractivity contribution >= 4 is 23.2 Å². The van der Waals surface area contributed by atoms with Crippen molar-refractivity contribution in [1.82, 2.24) is 9.55 Å². The molecule has 2 aromatic rings. The molecule has 114 valence electrons. The number of imidazole rings is 1. The lowest BCUT2D eigenvalue weighted by atomic mass is 10.1. The third kappa shape index (κ3) is 4.83. The summed E-state index contributed by atoms with van der Waals surface area (Å²) >= 11 is 11.7. The number of rotatable bonds is 7. The summed E-state index contributed by atoms with van der Waals surface area (Å²) in [6.45, 7) is 5.33. The highest BCUT2D eigenvalue weighted by atomic mass is 35.5. The summed E-state index contributed by atoms with van der Waals surface area (Å²) in [4.78, 5) is 3.89. The van der Waals surface area contributed by atoms with E-state index in [0.29, 0.717) is 11.1 Å². The van der Waals surface area contributed by atoms with Gasteiger partial charge in [-0.2, -0.15) is 0 Å². The first-order chi connectivity index (χ1) is 10.1. The summed E-state index contributed by atoms with van der Waals surface area (Å²) in [5.74, 6) is 2.21. The van der Waals surface area contributed by atoms with Crippen LogP contribution in [0, 0.1) is 5.92 Å². The molecule has 0 N–H and O–H groups in total. The lowest BCUT2D eigenvalue weighted by Crippen LogP contribution is -2.04. The van der Waals surface area contributed by atoms with Crippen molar-refractivity contribution in [2.75, 3.05) is 6.61 Å². The van der Waals surface area contributed by atoms with Gasteiger partial charge in [0.05, 0.1) is 6.61 Å². The molecule has 1 aromatic carbocycles. The van der Waals surface area contributed by atoms with Crippen LogP contribution in [0.1, 0.15) is 20.3 Å². The summed E-state index contributed by atoms with van der Waals surface area (Å²) < 4.78 is 12.9. The summed E-state index contributed by atoms with van der Waals surface area (Å²) in [5.41, 5.74) is 0. The second-order valence-corrected chi connectivity index (χ2v) is 5.79. The van der Waals surface area contributed by atoms with Gasteiger partial charge >= 0.3 is 0 Å². The number of aromatic nitrogens is 2. The molecule has 1 heterocycles. The quantitative estimate of drug-likeness (QED) is 0.742. The third-order valence-electron chi connectivity index (χ3n) is 2.89. The fraction of sp³-hybridized carbons (Fsp3) is 0.400. The first-order valence-corrected chi connectivity index (χ1v) is 7.53. The maximum absolute atomic E-state index is 5.95. The molecule has 0 saturated heterocycles. The topological polar surface area (TPSA) is 36.3 Å². The zero-order valence-electron chi connectivity index (χ0n) is 12.1. The zero-order chi connectivity index (χ0) is 15.2. The second kappa shape index (κ2) is 7.57. The zero-order valence-corrected chi connectivity index (χ0v) is 13.6. The van der Waals surface area contributed by atoms with Crippen molar-refractivity contribution in [3.63, 3.8) is 0 Å². The molecule has 0 amide bonds. The average Bonchev–Trinajstić information content (AvgIpc) is 2.78. The van der Waals surface area contributed by atoms with Gasteiger partial charge in [-0.25, -0.2) is 4.98 Å². The monoisotopic (exact) mass is 328 g/mol. The Labute approximate surface area is 134 Å². The van der Waals surface area contributed by atoms with Crippen molar-refractivity contribution in [2.24, 2.45) is 5.92 Å². The highest BCUT2D eigenvalue weighted by molar-refractivity contribution is 6.40. The number of ether oxygens (including phenoxy) is 2. The van der Waals surface area contributed by atoms with E-state index in [4.69, 9.17) is 32.7 Å². The van der Waals surface area contributed by atoms with Gasteiger partial charge in [0.25, 0.3) is 0 Å². The van der Waals surface area contributed by atoms with Crippen LogP contribution in [0.15, 0.2) is 30.6 Å². The minimum Gasteiger partial charge on any atom is -0.494 e. The Kier molecular flexibility index (Phi) is 5.76. The van der Waals surface area contributed by atoms with Gasteiger partial charge in [-0.05, 0) is 36.6 Å². The molecule has 0 bridgehead atoms. The van der Waals surface area contributed by atoms with Gasteiger partial charge in [0.1, 0.15) is 17.8 Å². The average molecular weight is 329 g/mol. The predicted octanol–water partition coefficient (Wildman–Crippen LogP) is 4.65. The molecular formula is C15H18Cl2N2O2. The smallest absolute Gasteiger partial charge is 0.167 e. The number of benzene rings is 1. The number of hydrogen-bond acceptors (Lipinski definition) is 3. The molecule has 0 unspecified atom stereocenters. The van der Waals surface area contributed by atoms with E-state index in [-0.39, 0.29) is 11.9 Å². The minimum atomic E-state index is 0.256. The van der Waals surface area contributed by atoms with Crippen LogP contribution in [0.2, 0.25) is 10.3 Å². The van der Waals surface area contributed by atoms with Gasteiger partial charge in [0.2, 0.25) is 0 Å². The highest BCUT2D eigenvalue weighted by Crippen LogP contribution is 2.21. The molecule has 0 saturated carbocycles. The van der Waals surface area contributed by atoms with Crippen LogP contribution in [-0.4, -0.2) is 16.2 Å². The van der Waals surface area contributed by atoms with E-state index in [9.17, 15) is 0 Å². The van der Waals surface area contributed by atoms with E-state index in [1.807, 2.05) is 24.3 Å². The van der Waals surface area contributed by atoms with E-state index in [1.54, 1.807) is 4.57 Å². The van der Waals surface area contributed by atoms with Crippen molar-refractivity contribution in [2.45, 2.75) is 27.0 Å². The van der Waals surface area contributed by atoms with Crippen LogP contribution in [0.25, 0.3) is 0 Å². The van der Waals surface area contributed by atoms with Gasteiger partial charge in [-0.1, -0.05) is 37.0 Å². The second-order valence-electron chi connectivity index (χ2n) is 5.07. The molecule has 0 radical (unpaired) electrons. The lowest BCUT2D eigenvalue weighted by molar-refractivity contribution is 0.236. The molecule has 2 rings (SSSR count). The molecule has 6 heteroatoms. The molecule has 0 aliphatic rings. The van der Waals surface area contributed by atoms with Crippen molar-refractivity contribution in [3.8, 4) is 11.5 Å². The molecule has 1 aromatic heterocycles. The molecule has 21 heavy (non-hydrogen) atoms. The first-order valence-electron chi connectivity index (χ1n) is 6.78. The Morgan fingerprint density at radius 2 is 1.71 bits per heavy atom. The normalized spacial score (nSPS) is 10.9. The maximum Gasteiger partial charge on any atom is 0.167 e. The van der Waals surface area contributed by atoms with E-state index in [0.717, 1.165) is 24.5 Å². The summed E-state index contributed by atoms with van der Waals surface area (Å²) in [5, 5.41) is 0.638. The van der Waals surface area contributed by atoms with Gasteiger partial charge in [-0.15, -0.1) is 0 Å². The lowest BCUT2D eigenvalue weighted by Gasteiger charge is -2.10. The van der Waals surface area contributed by atoms with Gasteiger partial charge in [0, 0.05) is 0 Å². The van der Waals surface area contributed by atoms with Crippen LogP contribution in [0.3, 0.4) is 0 Å². The number of halogens is 2. The molecule has 0 atom stereocenters. The fourth-order valence-electron chi connectivity index (χ4n) is 1.62. The van der Waals surface area contributed by atoms with E-state index in [1.165, 1.54) is 6.33 Å². The van der Waals surface area contributed by atoms with Gasteiger partial charge in [0.15, 0.2) is 17.0 Å². The van der Waals surface area contributed by atoms with Crippen LogP contribution in [0.5, 0.6) is 11.5 Å². The largest absolute Gasteiger partial charge is 0.494 e. The molecule has 0 fully saturated rings. The Bertz CT molecular complexity index is 568. The van der Waals surface area contributed by atoms with Crippen LogP contribution >= 0.6 is 23.2 Å². The minimum absolute atomic E-state index is 0.256. The summed E-state index contributed by atoms with van der Waals surface area (Å²) in [6, 6.07) is 7.49. The van der Waals surface area contributed by atoms with Crippen LogP contribution in [0.4, 0.5) is 0 Å². The standard InChI is InChI=1S/C15H18Cl2N2O2/c1-11(2)7-8-20-12-3-5-13(6-4-12)21-10-19-9-18-14(16)15(19)17/h3-6,9,11H,7-8,10H2,1-2H3. The molecule has 4 nitrogen and oxygen atoms in total.